The predicted octanol–water partition coefficient (Wildman–Crippen LogP) is 7.03. The highest BCUT2D eigenvalue weighted by Crippen LogP contribution is 2.37. The number of rotatable bonds is 13. The van der Waals surface area contributed by atoms with Crippen molar-refractivity contribution in [2.75, 3.05) is 23.0 Å². The van der Waals surface area contributed by atoms with Gasteiger partial charge < -0.3 is 4.90 Å². The van der Waals surface area contributed by atoms with Crippen LogP contribution >= 0.6 is 11.6 Å². The zero-order valence-electron chi connectivity index (χ0n) is 25.7. The number of nitrogens with zero attached hydrogens (tertiary/aromatic N) is 2. The molecular weight excluding hydrogens is 644 g/mol. The SMILES string of the molecule is O=S(=O)(O)CCCCN1/C(=C/C=C2\CCC(/C=C/c3ccc4ccccc4[n+]3CCCCS(=O)(=O)O)=C2Cl)CCc2ccccc21. The van der Waals surface area contributed by atoms with Crippen LogP contribution in [-0.2, 0) is 33.2 Å². The Morgan fingerprint density at radius 1 is 0.761 bits per heavy atom. The number of aryl methyl sites for hydroxylation is 2. The van der Waals surface area contributed by atoms with Crippen molar-refractivity contribution in [2.45, 2.75) is 57.9 Å². The molecule has 0 saturated heterocycles. The molecule has 0 spiro atoms. The second-order valence-electron chi connectivity index (χ2n) is 11.8. The van der Waals surface area contributed by atoms with Gasteiger partial charge in [-0.25, -0.2) is 0 Å². The highest BCUT2D eigenvalue weighted by molar-refractivity contribution is 7.86. The highest BCUT2D eigenvalue weighted by atomic mass is 35.5. The van der Waals surface area contributed by atoms with Gasteiger partial charge in [-0.15, -0.1) is 0 Å². The maximum Gasteiger partial charge on any atom is 0.264 e. The molecule has 0 radical (unpaired) electrons. The number of aromatic nitrogens is 1. The fourth-order valence-electron chi connectivity index (χ4n) is 6.15. The van der Waals surface area contributed by atoms with Gasteiger partial charge in [0.15, 0.2) is 0 Å². The molecule has 8 nitrogen and oxygen atoms in total. The minimum Gasteiger partial charge on any atom is -0.345 e. The third kappa shape index (κ3) is 9.17. The number of pyridine rings is 1. The summed E-state index contributed by atoms with van der Waals surface area (Å²) in [6.45, 7) is 1.26. The average molecular weight is 684 g/mol. The van der Waals surface area contributed by atoms with Gasteiger partial charge in [-0.05, 0) is 85.9 Å². The van der Waals surface area contributed by atoms with E-state index < -0.39 is 20.2 Å². The monoisotopic (exact) mass is 683 g/mol. The smallest absolute Gasteiger partial charge is 0.264 e. The largest absolute Gasteiger partial charge is 0.345 e. The molecule has 2 aliphatic rings. The molecule has 1 aliphatic heterocycles. The van der Waals surface area contributed by atoms with E-state index in [1.54, 1.807) is 0 Å². The lowest BCUT2D eigenvalue weighted by molar-refractivity contribution is -0.673. The molecule has 0 amide bonds. The molecule has 46 heavy (non-hydrogen) atoms. The minimum atomic E-state index is -3.99. The standard InChI is InChI=1S/C35H39ClN2O6S2/c36-35-29(17-21-31-19-15-27-9-1-3-11-33(27)37(31)23-5-7-25-45(39,40)41)13-14-30(35)18-22-32-20-16-28-10-2-4-12-34(28)38(32)24-6-8-26-46(42,43)44/h1-4,9-12,15,17-19,21-22H,5-8,13-14,16,20,23-26H2,(H-,39,40,41,42,43,44)/p+1. The number of hydrogen-bond acceptors (Lipinski definition) is 5. The lowest BCUT2D eigenvalue weighted by Gasteiger charge is -2.34. The van der Waals surface area contributed by atoms with Gasteiger partial charge in [0.1, 0.15) is 6.54 Å². The van der Waals surface area contributed by atoms with Gasteiger partial charge in [0.2, 0.25) is 11.2 Å². The molecule has 1 aromatic heterocycles. The van der Waals surface area contributed by atoms with E-state index in [1.807, 2.05) is 36.4 Å². The summed E-state index contributed by atoms with van der Waals surface area (Å²) >= 11 is 6.92. The van der Waals surface area contributed by atoms with Gasteiger partial charge in [-0.2, -0.15) is 21.4 Å². The Morgan fingerprint density at radius 3 is 2.26 bits per heavy atom. The van der Waals surface area contributed by atoms with Crippen molar-refractivity contribution in [1.29, 1.82) is 0 Å². The second-order valence-corrected chi connectivity index (χ2v) is 15.3. The van der Waals surface area contributed by atoms with Crippen molar-refractivity contribution in [3.8, 4) is 0 Å². The maximum absolute atomic E-state index is 11.2. The molecule has 2 N–H and O–H groups in total. The van der Waals surface area contributed by atoms with Crippen LogP contribution in [0.3, 0.4) is 0 Å². The van der Waals surface area contributed by atoms with E-state index in [4.69, 9.17) is 20.7 Å². The molecule has 3 aromatic rings. The average Bonchev–Trinajstić information content (AvgIpc) is 3.37. The summed E-state index contributed by atoms with van der Waals surface area (Å²) < 4.78 is 65.2. The summed E-state index contributed by atoms with van der Waals surface area (Å²) in [7, 11) is -7.96. The quantitative estimate of drug-likeness (QED) is 0.113. The molecule has 0 bridgehead atoms. The molecule has 0 fully saturated rings. The number of allylic oxidation sites excluding steroid dienone is 7. The third-order valence-electron chi connectivity index (χ3n) is 8.48. The van der Waals surface area contributed by atoms with Crippen LogP contribution in [0.1, 0.15) is 56.2 Å². The zero-order valence-corrected chi connectivity index (χ0v) is 28.1. The lowest BCUT2D eigenvalue weighted by Crippen LogP contribution is -2.38. The van der Waals surface area contributed by atoms with E-state index in [1.165, 1.54) is 5.56 Å². The Kier molecular flexibility index (Phi) is 11.2. The fourth-order valence-corrected chi connectivity index (χ4v) is 7.60. The van der Waals surface area contributed by atoms with Gasteiger partial charge >= 0.3 is 0 Å². The van der Waals surface area contributed by atoms with E-state index in [2.05, 4.69) is 58.0 Å². The van der Waals surface area contributed by atoms with Crippen LogP contribution in [0.15, 0.2) is 101 Å². The molecular formula is C35H40ClN2O6S2+. The fraction of sp³-hybridized carbons (Fsp3) is 0.343. The first kappa shape index (κ1) is 34.1. The number of benzene rings is 2. The Bertz CT molecular complexity index is 1930. The van der Waals surface area contributed by atoms with Gasteiger partial charge in [0.25, 0.3) is 20.2 Å². The lowest BCUT2D eigenvalue weighted by atomic mass is 9.98. The predicted molar refractivity (Wildman–Crippen MR) is 185 cm³/mol. The summed E-state index contributed by atoms with van der Waals surface area (Å²) in [5.74, 6) is -0.495. The van der Waals surface area contributed by atoms with Crippen molar-refractivity contribution < 1.29 is 30.5 Å². The summed E-state index contributed by atoms with van der Waals surface area (Å²) in [4.78, 5) is 2.25. The summed E-state index contributed by atoms with van der Waals surface area (Å²) in [6.07, 6.45) is 13.8. The molecule has 0 unspecified atom stereocenters. The van der Waals surface area contributed by atoms with Crippen LogP contribution in [0, 0.1) is 0 Å². The van der Waals surface area contributed by atoms with Crippen molar-refractivity contribution in [3.05, 3.63) is 112 Å². The molecule has 1 aliphatic carbocycles. The van der Waals surface area contributed by atoms with Crippen molar-refractivity contribution in [2.24, 2.45) is 0 Å². The topological polar surface area (TPSA) is 116 Å². The normalized spacial score (nSPS) is 17.6. The number of para-hydroxylation sites is 2. The Morgan fingerprint density at radius 2 is 1.48 bits per heavy atom. The maximum atomic E-state index is 11.2. The van der Waals surface area contributed by atoms with Gasteiger partial charge in [0.05, 0.1) is 11.5 Å². The van der Waals surface area contributed by atoms with Gasteiger partial charge in [-0.1, -0.05) is 54.1 Å². The minimum absolute atomic E-state index is 0.241. The number of unbranched alkanes of at least 4 members (excludes halogenated alkanes) is 2. The van der Waals surface area contributed by atoms with Crippen molar-refractivity contribution >= 4 is 54.5 Å². The van der Waals surface area contributed by atoms with E-state index in [0.29, 0.717) is 38.8 Å². The van der Waals surface area contributed by atoms with Crippen LogP contribution in [-0.4, -0.2) is 44.0 Å². The van der Waals surface area contributed by atoms with Crippen LogP contribution in [0.25, 0.3) is 17.0 Å². The zero-order chi connectivity index (χ0) is 32.7. The van der Waals surface area contributed by atoms with Crippen LogP contribution < -0.4 is 9.47 Å². The van der Waals surface area contributed by atoms with E-state index in [0.717, 1.165) is 69.8 Å². The Labute approximate surface area is 276 Å². The number of fused-ring (bicyclic) bond motifs is 2. The molecule has 244 valence electrons. The summed E-state index contributed by atoms with van der Waals surface area (Å²) in [5.41, 5.74) is 7.68. The first-order chi connectivity index (χ1) is 22.0. The van der Waals surface area contributed by atoms with E-state index in [9.17, 15) is 16.8 Å². The molecule has 0 saturated carbocycles. The molecule has 0 atom stereocenters. The van der Waals surface area contributed by atoms with E-state index in [-0.39, 0.29) is 11.5 Å². The Hall–Kier alpha value is -3.28. The third-order valence-corrected chi connectivity index (χ3v) is 10.6. The highest BCUT2D eigenvalue weighted by Gasteiger charge is 2.22. The number of anilines is 1. The molecule has 11 heteroatoms. The molecule has 2 aromatic carbocycles. The van der Waals surface area contributed by atoms with Gasteiger partial charge in [-0.3, -0.25) is 9.11 Å². The molecule has 5 rings (SSSR count). The second kappa shape index (κ2) is 15.1. The van der Waals surface area contributed by atoms with Gasteiger partial charge in [0, 0.05) is 53.0 Å². The van der Waals surface area contributed by atoms with E-state index >= 15 is 0 Å². The number of hydrogen-bond donors (Lipinski definition) is 2. The first-order valence-corrected chi connectivity index (χ1v) is 19.2. The first-order valence-electron chi connectivity index (χ1n) is 15.6. The summed E-state index contributed by atoms with van der Waals surface area (Å²) in [5, 5.41) is 1.83. The summed E-state index contributed by atoms with van der Waals surface area (Å²) in [6, 6.07) is 20.5. The number of halogens is 1. The Balaban J connectivity index is 1.35. The van der Waals surface area contributed by atoms with Crippen LogP contribution in [0.2, 0.25) is 0 Å². The molecule has 2 heterocycles. The van der Waals surface area contributed by atoms with Crippen molar-refractivity contribution in [3.63, 3.8) is 0 Å². The van der Waals surface area contributed by atoms with Crippen LogP contribution in [0.5, 0.6) is 0 Å². The van der Waals surface area contributed by atoms with Crippen molar-refractivity contribution in [1.82, 2.24) is 0 Å². The van der Waals surface area contributed by atoms with Crippen LogP contribution in [0.4, 0.5) is 5.69 Å².